The minimum absolute atomic E-state index is 0.0247. The first-order valence-electron chi connectivity index (χ1n) is 12.6. The zero-order valence-electron chi connectivity index (χ0n) is 23.4. The highest BCUT2D eigenvalue weighted by Crippen LogP contribution is 2.10. The Morgan fingerprint density at radius 3 is 2.03 bits per heavy atom. The smallest absolute Gasteiger partial charge is 0.223 e. The van der Waals surface area contributed by atoms with E-state index in [4.69, 9.17) is 10.5 Å². The van der Waals surface area contributed by atoms with Gasteiger partial charge in [0.2, 0.25) is 5.91 Å². The molecule has 1 aliphatic rings. The third-order valence-corrected chi connectivity index (χ3v) is 3.96. The predicted octanol–water partition coefficient (Wildman–Crippen LogP) is 2.29. The van der Waals surface area contributed by atoms with Crippen molar-refractivity contribution in [3.8, 4) is 0 Å². The Bertz CT molecular complexity index is 426. The number of aliphatic hydroxyl groups is 1. The Hall–Kier alpha value is -1.68. The number of unbranched alkanes of at least 4 members (excludes halogenated alkanes) is 2. The van der Waals surface area contributed by atoms with Gasteiger partial charge in [0.15, 0.2) is 0 Å². The summed E-state index contributed by atoms with van der Waals surface area (Å²) in [6.07, 6.45) is 5.23. The quantitative estimate of drug-likeness (QED) is 0.312. The molecule has 1 fully saturated rings. The van der Waals surface area contributed by atoms with Gasteiger partial charge in [-0.15, -0.1) is 0 Å². The summed E-state index contributed by atoms with van der Waals surface area (Å²) in [4.78, 5) is 44.3. The van der Waals surface area contributed by atoms with Crippen molar-refractivity contribution < 1.29 is 24.3 Å². The average molecular weight is 493 g/mol. The average Bonchev–Trinajstić information content (AvgIpc) is 2.87. The first kappa shape index (κ1) is 42.5. The van der Waals surface area contributed by atoms with E-state index in [2.05, 4.69) is 19.2 Å². The van der Waals surface area contributed by atoms with Crippen molar-refractivity contribution in [2.45, 2.75) is 86.6 Å². The number of aliphatic hydroxyl groups excluding tert-OH is 1. The van der Waals surface area contributed by atoms with Crippen LogP contribution in [0.25, 0.3) is 0 Å². The Labute approximate surface area is 209 Å². The van der Waals surface area contributed by atoms with Crippen molar-refractivity contribution in [3.05, 3.63) is 0 Å². The summed E-state index contributed by atoms with van der Waals surface area (Å²) in [6.45, 7) is 19.3. The molecular weight excluding hydrogens is 436 g/mol. The number of nitrogens with zero attached hydrogens (tertiary/aromatic N) is 2. The monoisotopic (exact) mass is 492 g/mol. The first-order chi connectivity index (χ1) is 16.4. The molecule has 1 rings (SSSR count). The van der Waals surface area contributed by atoms with E-state index >= 15 is 0 Å². The molecule has 0 bridgehead atoms. The Kier molecular flexibility index (Phi) is 48.2. The lowest BCUT2D eigenvalue weighted by Crippen LogP contribution is -2.57. The standard InChI is InChI=1S/C12H23N3O3.C5H11NO.C3H8.2C2H6.CH2O/c1-10(17)7-14-5-6-15(8-11(14)9-16)12(18)3-4-13-2;6-4-2-1-3-5-7;1-3-2;3*1-2/h11,13,16H,3-9H2,1-2H3;5H,1-4,6H2;3H2,1-2H3;2*1-2H3;1H2. The number of hydrogen-bond donors (Lipinski definition) is 3. The van der Waals surface area contributed by atoms with E-state index < -0.39 is 0 Å². The van der Waals surface area contributed by atoms with E-state index in [-0.39, 0.29) is 24.3 Å². The summed E-state index contributed by atoms with van der Waals surface area (Å²) < 4.78 is 0. The van der Waals surface area contributed by atoms with Crippen LogP contribution in [0.4, 0.5) is 0 Å². The largest absolute Gasteiger partial charge is 0.395 e. The molecule has 1 atom stereocenters. The van der Waals surface area contributed by atoms with Gasteiger partial charge < -0.3 is 30.6 Å². The van der Waals surface area contributed by atoms with Gasteiger partial charge in [-0.25, -0.2) is 0 Å². The van der Waals surface area contributed by atoms with Crippen LogP contribution < -0.4 is 11.1 Å². The van der Waals surface area contributed by atoms with Crippen LogP contribution in [-0.4, -0.2) is 98.6 Å². The number of aldehydes is 1. The molecule has 0 aromatic heterocycles. The highest BCUT2D eigenvalue weighted by Gasteiger charge is 2.29. The van der Waals surface area contributed by atoms with E-state index in [0.29, 0.717) is 52.1 Å². The summed E-state index contributed by atoms with van der Waals surface area (Å²) in [5, 5.41) is 12.3. The normalized spacial score (nSPS) is 13.9. The Balaban J connectivity index is -0.000000146. The number of ketones is 1. The predicted molar refractivity (Wildman–Crippen MR) is 143 cm³/mol. The summed E-state index contributed by atoms with van der Waals surface area (Å²) >= 11 is 0. The zero-order chi connectivity index (χ0) is 27.8. The van der Waals surface area contributed by atoms with Gasteiger partial charge in [0.1, 0.15) is 18.9 Å². The summed E-state index contributed by atoms with van der Waals surface area (Å²) in [6, 6.07) is -0.124. The third kappa shape index (κ3) is 30.3. The second kappa shape index (κ2) is 38.6. The fraction of sp³-hybridized carbons (Fsp3) is 0.840. The van der Waals surface area contributed by atoms with Gasteiger partial charge in [0.05, 0.1) is 19.2 Å². The second-order valence-electron chi connectivity index (χ2n) is 6.86. The van der Waals surface area contributed by atoms with Gasteiger partial charge >= 0.3 is 0 Å². The van der Waals surface area contributed by atoms with Crippen molar-refractivity contribution >= 4 is 24.8 Å². The molecule has 1 saturated heterocycles. The molecule has 4 N–H and O–H groups in total. The summed E-state index contributed by atoms with van der Waals surface area (Å²) in [7, 11) is 1.81. The number of hydrogen-bond acceptors (Lipinski definition) is 8. The lowest BCUT2D eigenvalue weighted by atomic mass is 10.1. The van der Waals surface area contributed by atoms with Crippen molar-refractivity contribution in [3.63, 3.8) is 0 Å². The highest BCUT2D eigenvalue weighted by molar-refractivity contribution is 5.78. The fourth-order valence-electron chi connectivity index (χ4n) is 2.55. The van der Waals surface area contributed by atoms with Crippen LogP contribution in [0.3, 0.4) is 0 Å². The summed E-state index contributed by atoms with van der Waals surface area (Å²) in [5.41, 5.74) is 5.15. The number of carbonyl (C=O) groups excluding carboxylic acids is 4. The number of Topliss-reactive ketones (excluding diaryl/α,β-unsaturated/α-hetero) is 1. The van der Waals surface area contributed by atoms with E-state index in [1.165, 1.54) is 6.42 Å². The molecule has 0 aromatic carbocycles. The van der Waals surface area contributed by atoms with E-state index in [1.54, 1.807) is 11.8 Å². The molecule has 1 amide bonds. The van der Waals surface area contributed by atoms with Crippen LogP contribution in [0.5, 0.6) is 0 Å². The van der Waals surface area contributed by atoms with Crippen molar-refractivity contribution in [1.29, 1.82) is 0 Å². The number of nitrogens with one attached hydrogen (secondary N) is 1. The second-order valence-corrected chi connectivity index (χ2v) is 6.86. The van der Waals surface area contributed by atoms with E-state index in [9.17, 15) is 19.5 Å². The SMILES string of the molecule is C=O.CC.CC.CCC.CNCCC(=O)N1CCN(CC(C)=O)C(CO)C1.NCCCCC=O. The molecule has 9 heteroatoms. The van der Waals surface area contributed by atoms with Crippen LogP contribution in [0, 0.1) is 0 Å². The first-order valence-corrected chi connectivity index (χ1v) is 12.6. The van der Waals surface area contributed by atoms with Crippen LogP contribution in [0.15, 0.2) is 0 Å². The summed E-state index contributed by atoms with van der Waals surface area (Å²) in [5.74, 6) is 0.189. The number of piperazine rings is 1. The number of nitrogens with two attached hydrogens (primary N) is 1. The zero-order valence-corrected chi connectivity index (χ0v) is 23.4. The highest BCUT2D eigenvalue weighted by atomic mass is 16.3. The van der Waals surface area contributed by atoms with E-state index in [0.717, 1.165) is 19.1 Å². The third-order valence-electron chi connectivity index (χ3n) is 3.96. The van der Waals surface area contributed by atoms with Gasteiger partial charge in [0.25, 0.3) is 0 Å². The van der Waals surface area contributed by atoms with Crippen molar-refractivity contribution in [2.24, 2.45) is 5.73 Å². The van der Waals surface area contributed by atoms with Crippen molar-refractivity contribution in [1.82, 2.24) is 15.1 Å². The molecule has 34 heavy (non-hydrogen) atoms. The maximum absolute atomic E-state index is 11.9. The molecule has 0 aliphatic carbocycles. The molecule has 206 valence electrons. The molecule has 0 saturated carbocycles. The Morgan fingerprint density at radius 2 is 1.65 bits per heavy atom. The molecular formula is C25H56N4O5. The van der Waals surface area contributed by atoms with Gasteiger partial charge in [-0.3, -0.25) is 14.5 Å². The minimum Gasteiger partial charge on any atom is -0.395 e. The van der Waals surface area contributed by atoms with E-state index in [1.807, 2.05) is 46.4 Å². The van der Waals surface area contributed by atoms with Crippen molar-refractivity contribution in [2.75, 3.05) is 52.9 Å². The molecule has 0 spiro atoms. The Morgan fingerprint density at radius 1 is 1.12 bits per heavy atom. The fourth-order valence-corrected chi connectivity index (χ4v) is 2.55. The number of rotatable bonds is 10. The van der Waals surface area contributed by atoms with Gasteiger partial charge in [-0.2, -0.15) is 0 Å². The topological polar surface area (TPSA) is 133 Å². The maximum atomic E-state index is 11.9. The van der Waals surface area contributed by atoms with Crippen LogP contribution in [0.2, 0.25) is 0 Å². The van der Waals surface area contributed by atoms with Crippen LogP contribution in [-0.2, 0) is 19.2 Å². The van der Waals surface area contributed by atoms with Gasteiger partial charge in [-0.1, -0.05) is 48.0 Å². The lowest BCUT2D eigenvalue weighted by Gasteiger charge is -2.40. The molecule has 0 radical (unpaired) electrons. The minimum atomic E-state index is -0.124. The molecule has 1 aliphatic heterocycles. The van der Waals surface area contributed by atoms with Gasteiger partial charge in [-0.05, 0) is 33.4 Å². The molecule has 1 heterocycles. The van der Waals surface area contributed by atoms with Crippen LogP contribution in [0.1, 0.15) is 80.6 Å². The van der Waals surface area contributed by atoms with Gasteiger partial charge in [0, 0.05) is 39.0 Å². The molecule has 9 nitrogen and oxygen atoms in total. The number of amides is 1. The number of carbonyl (C=O) groups is 4. The molecule has 1 unspecified atom stereocenters. The molecule has 0 aromatic rings. The lowest BCUT2D eigenvalue weighted by molar-refractivity contribution is -0.135. The maximum Gasteiger partial charge on any atom is 0.223 e. The van der Waals surface area contributed by atoms with Crippen LogP contribution >= 0.6 is 0 Å².